The molecule has 11 heavy (non-hydrogen) atoms. The summed E-state index contributed by atoms with van der Waals surface area (Å²) in [5, 5.41) is 8.64. The number of hydrogen-bond donors (Lipinski definition) is 2. The molecule has 0 atom stereocenters. The van der Waals surface area contributed by atoms with E-state index in [9.17, 15) is 0 Å². The van der Waals surface area contributed by atoms with Gasteiger partial charge in [0.25, 0.3) is 0 Å². The second kappa shape index (κ2) is 8.02. The van der Waals surface area contributed by atoms with Crippen LogP contribution in [0.15, 0.2) is 0 Å². The van der Waals surface area contributed by atoms with Gasteiger partial charge in [0, 0.05) is 13.0 Å². The Bertz CT molecular complexity index is 70.0. The van der Waals surface area contributed by atoms with Gasteiger partial charge >= 0.3 is 0 Å². The number of aliphatic hydroxyl groups excluding tert-OH is 1. The van der Waals surface area contributed by atoms with Crippen molar-refractivity contribution in [3.05, 3.63) is 0 Å². The molecule has 0 amide bonds. The van der Waals surface area contributed by atoms with Crippen LogP contribution in [-0.2, 0) is 0 Å². The van der Waals surface area contributed by atoms with Crippen molar-refractivity contribution >= 4 is 0 Å². The Morgan fingerprint density at radius 1 is 1.00 bits per heavy atom. The van der Waals surface area contributed by atoms with Crippen LogP contribution in [0.2, 0.25) is 0 Å². The molecule has 0 aliphatic carbocycles. The van der Waals surface area contributed by atoms with Crippen LogP contribution in [0.3, 0.4) is 0 Å². The third kappa shape index (κ3) is 6.32. The zero-order valence-corrected chi connectivity index (χ0v) is 7.90. The van der Waals surface area contributed by atoms with Crippen molar-refractivity contribution in [2.75, 3.05) is 26.2 Å². The minimum atomic E-state index is 0.344. The zero-order chi connectivity index (χ0) is 8.53. The van der Waals surface area contributed by atoms with Crippen molar-refractivity contribution < 1.29 is 10.0 Å². The van der Waals surface area contributed by atoms with Gasteiger partial charge < -0.3 is 10.0 Å². The van der Waals surface area contributed by atoms with Gasteiger partial charge in [-0.15, -0.1) is 0 Å². The van der Waals surface area contributed by atoms with E-state index in [2.05, 4.69) is 13.8 Å². The highest BCUT2D eigenvalue weighted by atomic mass is 16.3. The second-order valence-corrected chi connectivity index (χ2v) is 3.08. The summed E-state index contributed by atoms with van der Waals surface area (Å²) < 4.78 is 0. The lowest BCUT2D eigenvalue weighted by molar-refractivity contribution is -0.900. The van der Waals surface area contributed by atoms with E-state index in [0.29, 0.717) is 6.61 Å². The average molecular weight is 160 g/mol. The van der Waals surface area contributed by atoms with E-state index in [1.807, 2.05) is 0 Å². The number of quaternary nitrogens is 1. The quantitative estimate of drug-likeness (QED) is 0.541. The Labute approximate surface area is 70.2 Å². The van der Waals surface area contributed by atoms with Crippen LogP contribution < -0.4 is 4.90 Å². The molecule has 0 bridgehead atoms. The first kappa shape index (κ1) is 10.9. The first-order valence-electron chi connectivity index (χ1n) is 4.79. The molecule has 0 aliphatic heterocycles. The van der Waals surface area contributed by atoms with Gasteiger partial charge in [0.15, 0.2) is 0 Å². The topological polar surface area (TPSA) is 24.7 Å². The van der Waals surface area contributed by atoms with Gasteiger partial charge in [0.05, 0.1) is 19.6 Å². The molecule has 0 saturated heterocycles. The van der Waals surface area contributed by atoms with Crippen molar-refractivity contribution in [3.63, 3.8) is 0 Å². The molecule has 2 heteroatoms. The van der Waals surface area contributed by atoms with Gasteiger partial charge in [-0.05, 0) is 12.8 Å². The van der Waals surface area contributed by atoms with E-state index < -0.39 is 0 Å². The van der Waals surface area contributed by atoms with Gasteiger partial charge in [0.2, 0.25) is 0 Å². The molecule has 0 saturated carbocycles. The van der Waals surface area contributed by atoms with Crippen molar-refractivity contribution in [2.45, 2.75) is 33.1 Å². The van der Waals surface area contributed by atoms with Crippen molar-refractivity contribution in [2.24, 2.45) is 0 Å². The normalized spacial score (nSPS) is 10.9. The first-order valence-corrected chi connectivity index (χ1v) is 4.79. The van der Waals surface area contributed by atoms with E-state index in [1.54, 1.807) is 4.90 Å². The van der Waals surface area contributed by atoms with Crippen LogP contribution in [-0.4, -0.2) is 31.3 Å². The van der Waals surface area contributed by atoms with Crippen LogP contribution >= 0.6 is 0 Å². The predicted octanol–water partition coefficient (Wildman–Crippen LogP) is 0.0737. The SMILES string of the molecule is CCC[NH+](CCC)CCCO. The summed E-state index contributed by atoms with van der Waals surface area (Å²) in [5.41, 5.74) is 0. The second-order valence-electron chi connectivity index (χ2n) is 3.08. The fourth-order valence-electron chi connectivity index (χ4n) is 1.41. The number of aliphatic hydroxyl groups is 1. The molecule has 0 aliphatic rings. The molecular formula is C9H22NO+. The molecule has 0 aromatic rings. The summed E-state index contributed by atoms with van der Waals surface area (Å²) in [6, 6.07) is 0. The lowest BCUT2D eigenvalue weighted by Crippen LogP contribution is -3.12. The van der Waals surface area contributed by atoms with Crippen LogP contribution in [0.1, 0.15) is 33.1 Å². The summed E-state index contributed by atoms with van der Waals surface area (Å²) in [7, 11) is 0. The molecule has 0 fully saturated rings. The standard InChI is InChI=1S/C9H21NO/c1-3-6-10(7-4-2)8-5-9-11/h11H,3-9H2,1-2H3/p+1. The molecular weight excluding hydrogens is 138 g/mol. The molecule has 0 rings (SSSR count). The maximum atomic E-state index is 8.64. The van der Waals surface area contributed by atoms with Crippen molar-refractivity contribution in [3.8, 4) is 0 Å². The smallest absolute Gasteiger partial charge is 0.0793 e. The summed E-state index contributed by atoms with van der Waals surface area (Å²) in [4.78, 5) is 1.64. The van der Waals surface area contributed by atoms with E-state index in [0.717, 1.165) is 13.0 Å². The molecule has 0 heterocycles. The Balaban J connectivity index is 3.34. The third-order valence-electron chi connectivity index (χ3n) is 1.90. The van der Waals surface area contributed by atoms with E-state index >= 15 is 0 Å². The fraction of sp³-hybridized carbons (Fsp3) is 1.00. The molecule has 0 aromatic carbocycles. The van der Waals surface area contributed by atoms with E-state index in [1.165, 1.54) is 25.9 Å². The van der Waals surface area contributed by atoms with E-state index in [-0.39, 0.29) is 0 Å². The summed E-state index contributed by atoms with van der Waals surface area (Å²) in [5.74, 6) is 0. The fourth-order valence-corrected chi connectivity index (χ4v) is 1.41. The Morgan fingerprint density at radius 2 is 1.55 bits per heavy atom. The molecule has 68 valence electrons. The summed E-state index contributed by atoms with van der Waals surface area (Å²) >= 11 is 0. The molecule has 0 unspecified atom stereocenters. The van der Waals surface area contributed by atoms with Crippen LogP contribution in [0.5, 0.6) is 0 Å². The van der Waals surface area contributed by atoms with Crippen molar-refractivity contribution in [1.29, 1.82) is 0 Å². The van der Waals surface area contributed by atoms with Gasteiger partial charge in [-0.2, -0.15) is 0 Å². The Kier molecular flexibility index (Phi) is 7.96. The minimum absolute atomic E-state index is 0.344. The molecule has 0 aromatic heterocycles. The summed E-state index contributed by atoms with van der Waals surface area (Å²) in [6.07, 6.45) is 3.46. The number of hydrogen-bond acceptors (Lipinski definition) is 1. The largest absolute Gasteiger partial charge is 0.396 e. The monoisotopic (exact) mass is 160 g/mol. The maximum Gasteiger partial charge on any atom is 0.0793 e. The molecule has 2 nitrogen and oxygen atoms in total. The van der Waals surface area contributed by atoms with Gasteiger partial charge in [-0.1, -0.05) is 13.8 Å². The third-order valence-corrected chi connectivity index (χ3v) is 1.90. The average Bonchev–Trinajstić information content (AvgIpc) is 2.01. The van der Waals surface area contributed by atoms with Gasteiger partial charge in [-0.25, -0.2) is 0 Å². The highest BCUT2D eigenvalue weighted by molar-refractivity contribution is 4.32. The van der Waals surface area contributed by atoms with E-state index in [4.69, 9.17) is 5.11 Å². The minimum Gasteiger partial charge on any atom is -0.396 e. The lowest BCUT2D eigenvalue weighted by Gasteiger charge is -2.17. The highest BCUT2D eigenvalue weighted by Crippen LogP contribution is 1.72. The molecule has 0 spiro atoms. The molecule has 2 N–H and O–H groups in total. The Hall–Kier alpha value is -0.0800. The number of rotatable bonds is 7. The van der Waals surface area contributed by atoms with Crippen molar-refractivity contribution in [1.82, 2.24) is 0 Å². The molecule has 0 radical (unpaired) electrons. The van der Waals surface area contributed by atoms with Crippen LogP contribution in [0, 0.1) is 0 Å². The summed E-state index contributed by atoms with van der Waals surface area (Å²) in [6.45, 7) is 8.43. The highest BCUT2D eigenvalue weighted by Gasteiger charge is 2.03. The lowest BCUT2D eigenvalue weighted by atomic mass is 10.3. The maximum absolute atomic E-state index is 8.64. The first-order chi connectivity index (χ1) is 5.35. The van der Waals surface area contributed by atoms with Crippen LogP contribution in [0.4, 0.5) is 0 Å². The number of nitrogens with one attached hydrogen (secondary N) is 1. The zero-order valence-electron chi connectivity index (χ0n) is 7.90. The van der Waals surface area contributed by atoms with Gasteiger partial charge in [-0.3, -0.25) is 0 Å². The Morgan fingerprint density at radius 3 is 1.91 bits per heavy atom. The predicted molar refractivity (Wildman–Crippen MR) is 47.8 cm³/mol. The van der Waals surface area contributed by atoms with Crippen LogP contribution in [0.25, 0.3) is 0 Å². The van der Waals surface area contributed by atoms with Gasteiger partial charge in [0.1, 0.15) is 0 Å².